The van der Waals surface area contributed by atoms with Gasteiger partial charge in [-0.25, -0.2) is 4.79 Å². The standard InChI is InChI=1S/C15H13ClO2/c1-10-5-4-7-12(15(17)18)13(10)9-11-6-2-3-8-14(11)16/h2-8H,9H2,1H3,(H,17,18). The van der Waals surface area contributed by atoms with Crippen LogP contribution in [-0.2, 0) is 6.42 Å². The van der Waals surface area contributed by atoms with Crippen LogP contribution in [0.1, 0.15) is 27.0 Å². The number of aromatic carboxylic acids is 1. The van der Waals surface area contributed by atoms with Gasteiger partial charge in [-0.3, -0.25) is 0 Å². The van der Waals surface area contributed by atoms with Gasteiger partial charge in [-0.05, 0) is 35.7 Å². The molecule has 0 unspecified atom stereocenters. The maximum Gasteiger partial charge on any atom is 0.335 e. The summed E-state index contributed by atoms with van der Waals surface area (Å²) < 4.78 is 0. The van der Waals surface area contributed by atoms with Crippen LogP contribution in [0.25, 0.3) is 0 Å². The molecule has 0 bridgehead atoms. The number of aryl methyl sites for hydroxylation is 1. The number of rotatable bonds is 3. The molecule has 1 N–H and O–H groups in total. The first-order valence-electron chi connectivity index (χ1n) is 5.65. The van der Waals surface area contributed by atoms with Crippen molar-refractivity contribution in [2.24, 2.45) is 0 Å². The van der Waals surface area contributed by atoms with Crippen LogP contribution >= 0.6 is 11.6 Å². The second kappa shape index (κ2) is 5.23. The summed E-state index contributed by atoms with van der Waals surface area (Å²) >= 11 is 6.11. The molecule has 0 heterocycles. The van der Waals surface area contributed by atoms with Crippen molar-refractivity contribution >= 4 is 17.6 Å². The molecule has 0 aromatic heterocycles. The smallest absolute Gasteiger partial charge is 0.335 e. The minimum absolute atomic E-state index is 0.343. The highest BCUT2D eigenvalue weighted by atomic mass is 35.5. The zero-order chi connectivity index (χ0) is 13.1. The first-order chi connectivity index (χ1) is 8.59. The first kappa shape index (κ1) is 12.7. The van der Waals surface area contributed by atoms with E-state index in [9.17, 15) is 9.90 Å². The summed E-state index contributed by atoms with van der Waals surface area (Å²) in [7, 11) is 0. The summed E-state index contributed by atoms with van der Waals surface area (Å²) in [5.74, 6) is -0.902. The number of halogens is 1. The van der Waals surface area contributed by atoms with Gasteiger partial charge in [-0.1, -0.05) is 41.9 Å². The van der Waals surface area contributed by atoms with Crippen LogP contribution in [0.4, 0.5) is 0 Å². The van der Waals surface area contributed by atoms with Gasteiger partial charge in [-0.2, -0.15) is 0 Å². The van der Waals surface area contributed by atoms with Crippen molar-refractivity contribution in [1.82, 2.24) is 0 Å². The third-order valence-electron chi connectivity index (χ3n) is 2.97. The van der Waals surface area contributed by atoms with Crippen LogP contribution in [0, 0.1) is 6.92 Å². The molecular weight excluding hydrogens is 248 g/mol. The summed E-state index contributed by atoms with van der Waals surface area (Å²) in [5.41, 5.74) is 3.07. The monoisotopic (exact) mass is 260 g/mol. The van der Waals surface area contributed by atoms with Gasteiger partial charge < -0.3 is 5.11 Å². The molecule has 0 amide bonds. The van der Waals surface area contributed by atoms with Crippen LogP contribution in [-0.4, -0.2) is 11.1 Å². The second-order valence-corrected chi connectivity index (χ2v) is 4.58. The van der Waals surface area contributed by atoms with Crippen molar-refractivity contribution in [1.29, 1.82) is 0 Å². The van der Waals surface area contributed by atoms with Gasteiger partial charge in [-0.15, -0.1) is 0 Å². The molecule has 0 fully saturated rings. The lowest BCUT2D eigenvalue weighted by Crippen LogP contribution is -2.05. The number of hydrogen-bond acceptors (Lipinski definition) is 1. The topological polar surface area (TPSA) is 37.3 Å². The van der Waals surface area contributed by atoms with Crippen molar-refractivity contribution in [2.45, 2.75) is 13.3 Å². The number of carboxylic acids is 1. The fourth-order valence-electron chi connectivity index (χ4n) is 1.97. The molecule has 2 nitrogen and oxygen atoms in total. The van der Waals surface area contributed by atoms with E-state index in [4.69, 9.17) is 11.6 Å². The van der Waals surface area contributed by atoms with E-state index < -0.39 is 5.97 Å². The van der Waals surface area contributed by atoms with Crippen molar-refractivity contribution in [3.05, 3.63) is 69.7 Å². The Balaban J connectivity index is 2.46. The zero-order valence-electron chi connectivity index (χ0n) is 9.98. The molecule has 2 rings (SSSR count). The van der Waals surface area contributed by atoms with Crippen molar-refractivity contribution in [3.63, 3.8) is 0 Å². The van der Waals surface area contributed by atoms with Crippen LogP contribution in [0.3, 0.4) is 0 Å². The van der Waals surface area contributed by atoms with Gasteiger partial charge in [0.1, 0.15) is 0 Å². The van der Waals surface area contributed by atoms with Crippen molar-refractivity contribution in [3.8, 4) is 0 Å². The Bertz CT molecular complexity index is 591. The maximum atomic E-state index is 11.2. The molecule has 92 valence electrons. The molecule has 0 spiro atoms. The molecule has 0 radical (unpaired) electrons. The molecule has 0 saturated carbocycles. The van der Waals surface area contributed by atoms with Crippen LogP contribution < -0.4 is 0 Å². The Labute approximate surface area is 111 Å². The van der Waals surface area contributed by atoms with E-state index in [0.717, 1.165) is 16.7 Å². The lowest BCUT2D eigenvalue weighted by Gasteiger charge is -2.10. The van der Waals surface area contributed by atoms with E-state index in [0.29, 0.717) is 17.0 Å². The van der Waals surface area contributed by atoms with E-state index >= 15 is 0 Å². The number of benzene rings is 2. The fraction of sp³-hybridized carbons (Fsp3) is 0.133. The summed E-state index contributed by atoms with van der Waals surface area (Å²) in [4.78, 5) is 11.2. The third kappa shape index (κ3) is 2.54. The fourth-order valence-corrected chi connectivity index (χ4v) is 2.17. The van der Waals surface area contributed by atoms with Crippen molar-refractivity contribution in [2.75, 3.05) is 0 Å². The van der Waals surface area contributed by atoms with Gasteiger partial charge in [0.25, 0.3) is 0 Å². The Morgan fingerprint density at radius 3 is 2.56 bits per heavy atom. The van der Waals surface area contributed by atoms with Crippen LogP contribution in [0.2, 0.25) is 5.02 Å². The molecule has 3 heteroatoms. The highest BCUT2D eigenvalue weighted by Gasteiger charge is 2.13. The molecule has 18 heavy (non-hydrogen) atoms. The molecular formula is C15H13ClO2. The maximum absolute atomic E-state index is 11.2. The molecule has 2 aromatic carbocycles. The van der Waals surface area contributed by atoms with Gasteiger partial charge >= 0.3 is 5.97 Å². The number of hydrogen-bond donors (Lipinski definition) is 1. The third-order valence-corrected chi connectivity index (χ3v) is 3.33. The van der Waals surface area contributed by atoms with E-state index in [1.807, 2.05) is 37.3 Å². The summed E-state index contributed by atoms with van der Waals surface area (Å²) in [6.45, 7) is 1.92. The summed E-state index contributed by atoms with van der Waals surface area (Å²) in [5, 5.41) is 9.87. The van der Waals surface area contributed by atoms with Crippen LogP contribution in [0.15, 0.2) is 42.5 Å². The first-order valence-corrected chi connectivity index (χ1v) is 6.02. The zero-order valence-corrected chi connectivity index (χ0v) is 10.7. The molecule has 0 aliphatic rings. The average Bonchev–Trinajstić information content (AvgIpc) is 2.34. The van der Waals surface area contributed by atoms with Crippen molar-refractivity contribution < 1.29 is 9.90 Å². The molecule has 0 aliphatic heterocycles. The lowest BCUT2D eigenvalue weighted by atomic mass is 9.95. The highest BCUT2D eigenvalue weighted by molar-refractivity contribution is 6.31. The van der Waals surface area contributed by atoms with E-state index in [2.05, 4.69) is 0 Å². The van der Waals surface area contributed by atoms with Gasteiger partial charge in [0.15, 0.2) is 0 Å². The van der Waals surface area contributed by atoms with E-state index in [1.165, 1.54) is 0 Å². The highest BCUT2D eigenvalue weighted by Crippen LogP contribution is 2.23. The minimum atomic E-state index is -0.902. The predicted octanol–water partition coefficient (Wildman–Crippen LogP) is 3.94. The minimum Gasteiger partial charge on any atom is -0.478 e. The van der Waals surface area contributed by atoms with Gasteiger partial charge in [0, 0.05) is 11.4 Å². The lowest BCUT2D eigenvalue weighted by molar-refractivity contribution is 0.0695. The Morgan fingerprint density at radius 1 is 1.17 bits per heavy atom. The second-order valence-electron chi connectivity index (χ2n) is 4.17. The van der Waals surface area contributed by atoms with Gasteiger partial charge in [0.2, 0.25) is 0 Å². The Morgan fingerprint density at radius 2 is 1.89 bits per heavy atom. The normalized spacial score (nSPS) is 10.3. The van der Waals surface area contributed by atoms with E-state index in [-0.39, 0.29) is 0 Å². The predicted molar refractivity (Wildman–Crippen MR) is 72.4 cm³/mol. The average molecular weight is 261 g/mol. The molecule has 0 atom stereocenters. The summed E-state index contributed by atoms with van der Waals surface area (Å²) in [6.07, 6.45) is 0.536. The SMILES string of the molecule is Cc1cccc(C(=O)O)c1Cc1ccccc1Cl. The summed E-state index contributed by atoms with van der Waals surface area (Å²) in [6, 6.07) is 12.8. The molecule has 2 aromatic rings. The Hall–Kier alpha value is -1.80. The molecule has 0 aliphatic carbocycles. The van der Waals surface area contributed by atoms with Gasteiger partial charge in [0.05, 0.1) is 5.56 Å². The number of carbonyl (C=O) groups is 1. The van der Waals surface area contributed by atoms with Crippen LogP contribution in [0.5, 0.6) is 0 Å². The van der Waals surface area contributed by atoms with E-state index in [1.54, 1.807) is 12.1 Å². The quantitative estimate of drug-likeness (QED) is 0.908. The number of carboxylic acid groups (broad SMARTS) is 1. The largest absolute Gasteiger partial charge is 0.478 e. The Kier molecular flexibility index (Phi) is 3.68. The molecule has 0 saturated heterocycles.